The van der Waals surface area contributed by atoms with Crippen LogP contribution >= 0.6 is 0 Å². The maximum atomic E-state index is 10.9. The van der Waals surface area contributed by atoms with Gasteiger partial charge in [0.25, 0.3) is 20.2 Å². The molecule has 0 unspecified atom stereocenters. The van der Waals surface area contributed by atoms with Gasteiger partial charge in [-0.2, -0.15) is 16.8 Å². The molecule has 1 aromatic rings. The SMILES string of the molecule is C=Cc1cc(S(=O)(=O)O)ccc1S(=O)(=O)O. The monoisotopic (exact) mass is 264 g/mol. The molecular weight excluding hydrogens is 256 g/mol. The molecular formula is C8H8O6S2. The molecule has 0 heterocycles. The molecule has 0 aliphatic heterocycles. The first kappa shape index (κ1) is 12.8. The van der Waals surface area contributed by atoms with Crippen LogP contribution in [0.3, 0.4) is 0 Å². The predicted octanol–water partition coefficient (Wildman–Crippen LogP) is 0.823. The molecule has 0 saturated heterocycles. The van der Waals surface area contributed by atoms with Crippen LogP contribution in [0, 0.1) is 0 Å². The van der Waals surface area contributed by atoms with Crippen LogP contribution in [0.2, 0.25) is 0 Å². The Morgan fingerprint density at radius 2 is 1.62 bits per heavy atom. The van der Waals surface area contributed by atoms with Crippen molar-refractivity contribution in [3.8, 4) is 0 Å². The number of rotatable bonds is 3. The first-order chi connectivity index (χ1) is 7.16. The largest absolute Gasteiger partial charge is 0.295 e. The lowest BCUT2D eigenvalue weighted by atomic mass is 10.2. The average Bonchev–Trinajstić information content (AvgIpc) is 2.14. The summed E-state index contributed by atoms with van der Waals surface area (Å²) in [5.41, 5.74) is -0.113. The van der Waals surface area contributed by atoms with Gasteiger partial charge in [-0.05, 0) is 23.8 Å². The van der Waals surface area contributed by atoms with Crippen molar-refractivity contribution >= 4 is 26.3 Å². The van der Waals surface area contributed by atoms with Crippen molar-refractivity contribution in [2.45, 2.75) is 9.79 Å². The van der Waals surface area contributed by atoms with E-state index in [1.807, 2.05) is 0 Å². The van der Waals surface area contributed by atoms with E-state index in [2.05, 4.69) is 6.58 Å². The van der Waals surface area contributed by atoms with Gasteiger partial charge in [0, 0.05) is 0 Å². The van der Waals surface area contributed by atoms with Crippen molar-refractivity contribution in [1.82, 2.24) is 0 Å². The van der Waals surface area contributed by atoms with Crippen LogP contribution in [0.15, 0.2) is 34.6 Å². The Labute approximate surface area is 92.7 Å². The summed E-state index contributed by atoms with van der Waals surface area (Å²) in [7, 11) is -8.88. The Hall–Kier alpha value is -1.22. The molecule has 0 atom stereocenters. The van der Waals surface area contributed by atoms with E-state index in [-0.39, 0.29) is 5.56 Å². The number of hydrogen-bond acceptors (Lipinski definition) is 4. The molecule has 0 amide bonds. The number of hydrogen-bond donors (Lipinski definition) is 2. The lowest BCUT2D eigenvalue weighted by Crippen LogP contribution is -2.04. The predicted molar refractivity (Wildman–Crippen MR) is 56.2 cm³/mol. The molecule has 0 aliphatic carbocycles. The second-order valence-corrected chi connectivity index (χ2v) is 5.67. The highest BCUT2D eigenvalue weighted by Crippen LogP contribution is 2.20. The average molecular weight is 264 g/mol. The molecule has 0 aliphatic rings. The Balaban J connectivity index is 3.58. The van der Waals surface area contributed by atoms with E-state index in [1.165, 1.54) is 0 Å². The van der Waals surface area contributed by atoms with E-state index in [0.717, 1.165) is 24.3 Å². The van der Waals surface area contributed by atoms with Gasteiger partial charge in [-0.1, -0.05) is 12.7 Å². The van der Waals surface area contributed by atoms with Crippen LogP contribution in [0.5, 0.6) is 0 Å². The molecule has 0 radical (unpaired) electrons. The van der Waals surface area contributed by atoms with Gasteiger partial charge in [-0.25, -0.2) is 0 Å². The fourth-order valence-corrected chi connectivity index (χ4v) is 2.28. The van der Waals surface area contributed by atoms with Gasteiger partial charge >= 0.3 is 0 Å². The highest BCUT2D eigenvalue weighted by atomic mass is 32.2. The molecule has 1 aromatic carbocycles. The standard InChI is InChI=1S/C8H8O6S2/c1-2-6-5-7(15(9,10)11)3-4-8(6)16(12,13)14/h2-5H,1H2,(H,9,10,11)(H,12,13,14). The van der Waals surface area contributed by atoms with Gasteiger partial charge in [0.1, 0.15) is 4.90 Å². The minimum Gasteiger partial charge on any atom is -0.282 e. The molecule has 0 saturated carbocycles. The van der Waals surface area contributed by atoms with Gasteiger partial charge in [0.2, 0.25) is 0 Å². The zero-order chi connectivity index (χ0) is 12.6. The van der Waals surface area contributed by atoms with Crippen LogP contribution in [0.25, 0.3) is 6.08 Å². The Morgan fingerprint density at radius 3 is 2.00 bits per heavy atom. The summed E-state index contributed by atoms with van der Waals surface area (Å²) in [5, 5.41) is 0. The molecule has 88 valence electrons. The molecule has 6 nitrogen and oxygen atoms in total. The number of benzene rings is 1. The summed E-state index contributed by atoms with van der Waals surface area (Å²) in [6.07, 6.45) is 1.05. The third-order valence-corrected chi connectivity index (χ3v) is 3.55. The summed E-state index contributed by atoms with van der Waals surface area (Å²) in [6.45, 7) is 3.28. The van der Waals surface area contributed by atoms with Crippen molar-refractivity contribution in [2.24, 2.45) is 0 Å². The maximum Gasteiger partial charge on any atom is 0.295 e. The smallest absolute Gasteiger partial charge is 0.282 e. The van der Waals surface area contributed by atoms with Crippen LogP contribution in [-0.2, 0) is 20.2 Å². The second-order valence-electron chi connectivity index (χ2n) is 2.85. The normalized spacial score (nSPS) is 12.4. The Morgan fingerprint density at radius 1 is 1.06 bits per heavy atom. The van der Waals surface area contributed by atoms with E-state index >= 15 is 0 Å². The van der Waals surface area contributed by atoms with Gasteiger partial charge in [0.05, 0.1) is 4.90 Å². The fourth-order valence-electron chi connectivity index (χ4n) is 1.08. The van der Waals surface area contributed by atoms with E-state index in [9.17, 15) is 16.8 Å². The molecule has 8 heteroatoms. The molecule has 0 spiro atoms. The Kier molecular flexibility index (Phi) is 3.20. The van der Waals surface area contributed by atoms with Crippen molar-refractivity contribution < 1.29 is 25.9 Å². The van der Waals surface area contributed by atoms with Crippen molar-refractivity contribution in [3.63, 3.8) is 0 Å². The third kappa shape index (κ3) is 2.67. The maximum absolute atomic E-state index is 10.9. The summed E-state index contributed by atoms with van der Waals surface area (Å²) in [4.78, 5) is -0.954. The summed E-state index contributed by atoms with van der Waals surface area (Å²) in [5.74, 6) is 0. The van der Waals surface area contributed by atoms with Crippen LogP contribution in [-0.4, -0.2) is 25.9 Å². The van der Waals surface area contributed by atoms with Crippen LogP contribution in [0.1, 0.15) is 5.56 Å². The van der Waals surface area contributed by atoms with E-state index in [0.29, 0.717) is 0 Å². The highest BCUT2D eigenvalue weighted by molar-refractivity contribution is 7.86. The fraction of sp³-hybridized carbons (Fsp3) is 0. The van der Waals surface area contributed by atoms with Crippen molar-refractivity contribution in [1.29, 1.82) is 0 Å². The van der Waals surface area contributed by atoms with E-state index in [4.69, 9.17) is 9.11 Å². The molecule has 2 N–H and O–H groups in total. The van der Waals surface area contributed by atoms with Gasteiger partial charge in [-0.3, -0.25) is 9.11 Å². The van der Waals surface area contributed by atoms with Crippen LogP contribution in [0.4, 0.5) is 0 Å². The van der Waals surface area contributed by atoms with E-state index < -0.39 is 30.0 Å². The lowest BCUT2D eigenvalue weighted by Gasteiger charge is -2.04. The molecule has 0 bridgehead atoms. The molecule has 0 aromatic heterocycles. The zero-order valence-electron chi connectivity index (χ0n) is 7.86. The van der Waals surface area contributed by atoms with Crippen LogP contribution < -0.4 is 0 Å². The highest BCUT2D eigenvalue weighted by Gasteiger charge is 2.17. The summed E-state index contributed by atoms with van der Waals surface area (Å²) < 4.78 is 60.8. The second kappa shape index (κ2) is 3.98. The van der Waals surface area contributed by atoms with Gasteiger partial charge < -0.3 is 0 Å². The molecule has 16 heavy (non-hydrogen) atoms. The molecule has 0 fully saturated rings. The van der Waals surface area contributed by atoms with Crippen molar-refractivity contribution in [2.75, 3.05) is 0 Å². The van der Waals surface area contributed by atoms with Gasteiger partial charge in [-0.15, -0.1) is 0 Å². The van der Waals surface area contributed by atoms with E-state index in [1.54, 1.807) is 0 Å². The summed E-state index contributed by atoms with van der Waals surface area (Å²) in [6, 6.07) is 2.63. The Bertz CT molecular complexity index is 626. The van der Waals surface area contributed by atoms with Crippen molar-refractivity contribution in [3.05, 3.63) is 30.3 Å². The third-order valence-electron chi connectivity index (χ3n) is 1.78. The molecule has 1 rings (SSSR count). The minimum absolute atomic E-state index is 0.113. The summed E-state index contributed by atoms with van der Waals surface area (Å²) >= 11 is 0. The first-order valence-electron chi connectivity index (χ1n) is 3.88. The lowest BCUT2D eigenvalue weighted by molar-refractivity contribution is 0.478. The quantitative estimate of drug-likeness (QED) is 0.782. The topological polar surface area (TPSA) is 109 Å². The first-order valence-corrected chi connectivity index (χ1v) is 6.76. The zero-order valence-corrected chi connectivity index (χ0v) is 9.49. The van der Waals surface area contributed by atoms with Gasteiger partial charge in [0.15, 0.2) is 0 Å². The minimum atomic E-state index is -4.46.